The Morgan fingerprint density at radius 3 is 2.21 bits per heavy atom. The minimum Gasteiger partial charge on any atom is -0.480 e. The molecule has 0 unspecified atom stereocenters. The number of aliphatic carboxylic acids is 1. The van der Waals surface area contributed by atoms with Gasteiger partial charge in [0.25, 0.3) is 0 Å². The zero-order valence-corrected chi connectivity index (χ0v) is 18.6. The topological polar surface area (TPSA) is 140 Å². The van der Waals surface area contributed by atoms with E-state index >= 15 is 0 Å². The van der Waals surface area contributed by atoms with Crippen LogP contribution in [0.3, 0.4) is 0 Å². The van der Waals surface area contributed by atoms with Crippen LogP contribution >= 0.6 is 0 Å². The summed E-state index contributed by atoms with van der Waals surface area (Å²) in [6, 6.07) is 14.6. The van der Waals surface area contributed by atoms with Crippen LogP contribution in [0, 0.1) is 0 Å². The lowest BCUT2D eigenvalue weighted by molar-refractivity contribution is -0.149. The van der Waals surface area contributed by atoms with Gasteiger partial charge in [0, 0.05) is 12.5 Å². The Balaban J connectivity index is 1.37. The molecule has 180 valence electrons. The molecule has 0 aliphatic heterocycles. The number of amides is 2. The Hall–Kier alpha value is -3.92. The molecule has 10 heteroatoms. The molecule has 1 atom stereocenters. The van der Waals surface area contributed by atoms with Gasteiger partial charge in [0.1, 0.15) is 19.3 Å². The SMILES string of the molecule is COC(=O)C[C@@H](NC(=O)COCCNC(=O)OCC1c2ccccc2-c2ccccc21)C(=O)O. The first kappa shape index (κ1) is 24.7. The number of alkyl carbamates (subject to hydrolysis) is 1. The van der Waals surface area contributed by atoms with Crippen molar-refractivity contribution < 1.29 is 38.5 Å². The minimum atomic E-state index is -1.41. The van der Waals surface area contributed by atoms with Crippen molar-refractivity contribution in [1.29, 1.82) is 0 Å². The number of benzene rings is 2. The number of ether oxygens (including phenoxy) is 3. The number of rotatable bonds is 11. The Bertz CT molecular complexity index is 1010. The fraction of sp³-hybridized carbons (Fsp3) is 0.333. The molecular weight excluding hydrogens is 444 g/mol. The molecule has 0 saturated carbocycles. The first-order valence-corrected chi connectivity index (χ1v) is 10.7. The summed E-state index contributed by atoms with van der Waals surface area (Å²) in [5, 5.41) is 13.8. The standard InChI is InChI=1S/C24H26N2O8/c1-32-22(28)12-20(23(29)30)26-21(27)14-33-11-10-25-24(31)34-13-19-17-8-4-2-6-15(17)16-7-3-5-9-18(16)19/h2-9,19-20H,10-14H2,1H3,(H,25,31)(H,26,27)(H,29,30)/t20-/m1/s1. The molecule has 0 fully saturated rings. The Labute approximate surface area is 196 Å². The summed E-state index contributed by atoms with van der Waals surface area (Å²) in [5.74, 6) is -2.89. The monoisotopic (exact) mass is 470 g/mol. The van der Waals surface area contributed by atoms with Gasteiger partial charge in [-0.05, 0) is 22.3 Å². The van der Waals surface area contributed by atoms with Crippen LogP contribution < -0.4 is 10.6 Å². The van der Waals surface area contributed by atoms with Crippen LogP contribution in [0.2, 0.25) is 0 Å². The predicted molar refractivity (Wildman–Crippen MR) is 120 cm³/mol. The van der Waals surface area contributed by atoms with Crippen molar-refractivity contribution in [3.8, 4) is 11.1 Å². The lowest BCUT2D eigenvalue weighted by atomic mass is 9.98. The van der Waals surface area contributed by atoms with Gasteiger partial charge in [0.05, 0.1) is 20.1 Å². The average Bonchev–Trinajstić information content (AvgIpc) is 3.15. The van der Waals surface area contributed by atoms with Crippen LogP contribution in [0.4, 0.5) is 4.79 Å². The molecule has 2 aromatic rings. The number of carbonyl (C=O) groups is 4. The van der Waals surface area contributed by atoms with Crippen LogP contribution in [0.1, 0.15) is 23.5 Å². The average molecular weight is 470 g/mol. The molecule has 0 spiro atoms. The molecule has 0 heterocycles. The van der Waals surface area contributed by atoms with Crippen molar-refractivity contribution in [3.05, 3.63) is 59.7 Å². The van der Waals surface area contributed by atoms with E-state index in [0.29, 0.717) is 0 Å². The maximum atomic E-state index is 12.1. The number of hydrogen-bond acceptors (Lipinski definition) is 7. The molecule has 3 rings (SSSR count). The quantitative estimate of drug-likeness (QED) is 0.333. The summed E-state index contributed by atoms with van der Waals surface area (Å²) in [6.45, 7) is -0.155. The van der Waals surface area contributed by atoms with Gasteiger partial charge in [-0.2, -0.15) is 0 Å². The van der Waals surface area contributed by atoms with Crippen LogP contribution in [-0.4, -0.2) is 68.6 Å². The van der Waals surface area contributed by atoms with E-state index in [2.05, 4.69) is 27.5 Å². The summed E-state index contributed by atoms with van der Waals surface area (Å²) in [7, 11) is 1.12. The van der Waals surface area contributed by atoms with Crippen molar-refractivity contribution in [2.45, 2.75) is 18.4 Å². The Kier molecular flexibility index (Phi) is 8.58. The molecule has 34 heavy (non-hydrogen) atoms. The summed E-state index contributed by atoms with van der Waals surface area (Å²) < 4.78 is 14.9. The Morgan fingerprint density at radius 1 is 1.00 bits per heavy atom. The second kappa shape index (κ2) is 11.8. The zero-order valence-electron chi connectivity index (χ0n) is 18.6. The fourth-order valence-electron chi connectivity index (χ4n) is 3.73. The highest BCUT2D eigenvalue weighted by atomic mass is 16.5. The summed E-state index contributed by atoms with van der Waals surface area (Å²) in [4.78, 5) is 46.2. The van der Waals surface area contributed by atoms with E-state index in [1.807, 2.05) is 36.4 Å². The molecule has 10 nitrogen and oxygen atoms in total. The zero-order chi connectivity index (χ0) is 24.5. The molecule has 1 aliphatic rings. The number of hydrogen-bond donors (Lipinski definition) is 3. The van der Waals surface area contributed by atoms with E-state index < -0.39 is 43.0 Å². The molecule has 0 radical (unpaired) electrons. The highest BCUT2D eigenvalue weighted by Gasteiger charge is 2.29. The van der Waals surface area contributed by atoms with Crippen LogP contribution in [0.5, 0.6) is 0 Å². The first-order chi connectivity index (χ1) is 16.4. The van der Waals surface area contributed by atoms with Gasteiger partial charge in [-0.25, -0.2) is 9.59 Å². The van der Waals surface area contributed by atoms with Crippen molar-refractivity contribution in [1.82, 2.24) is 10.6 Å². The number of nitrogens with one attached hydrogen (secondary N) is 2. The van der Waals surface area contributed by atoms with Gasteiger partial charge in [-0.1, -0.05) is 48.5 Å². The van der Waals surface area contributed by atoms with Crippen molar-refractivity contribution in [2.75, 3.05) is 33.5 Å². The number of fused-ring (bicyclic) bond motifs is 3. The number of esters is 1. The predicted octanol–water partition coefficient (Wildman–Crippen LogP) is 1.67. The van der Waals surface area contributed by atoms with E-state index in [4.69, 9.17) is 14.6 Å². The number of carboxylic acid groups (broad SMARTS) is 1. The van der Waals surface area contributed by atoms with Gasteiger partial charge in [-0.3, -0.25) is 9.59 Å². The fourth-order valence-corrected chi connectivity index (χ4v) is 3.73. The molecule has 2 amide bonds. The van der Waals surface area contributed by atoms with Crippen LogP contribution in [0.25, 0.3) is 11.1 Å². The largest absolute Gasteiger partial charge is 0.480 e. The lowest BCUT2D eigenvalue weighted by Gasteiger charge is -2.15. The molecule has 0 saturated heterocycles. The van der Waals surface area contributed by atoms with Crippen molar-refractivity contribution >= 4 is 23.9 Å². The second-order valence-electron chi connectivity index (χ2n) is 7.54. The van der Waals surface area contributed by atoms with Gasteiger partial charge in [0.15, 0.2) is 0 Å². The van der Waals surface area contributed by atoms with E-state index in [1.165, 1.54) is 0 Å². The number of methoxy groups -OCH3 is 1. The smallest absolute Gasteiger partial charge is 0.407 e. The van der Waals surface area contributed by atoms with E-state index in [0.717, 1.165) is 29.4 Å². The number of carboxylic acids is 1. The van der Waals surface area contributed by atoms with Gasteiger partial charge < -0.3 is 30.0 Å². The molecule has 2 aromatic carbocycles. The molecule has 1 aliphatic carbocycles. The van der Waals surface area contributed by atoms with Gasteiger partial charge in [-0.15, -0.1) is 0 Å². The van der Waals surface area contributed by atoms with Crippen molar-refractivity contribution in [2.24, 2.45) is 0 Å². The summed E-state index contributed by atoms with van der Waals surface area (Å²) in [6.07, 6.45) is -1.11. The first-order valence-electron chi connectivity index (χ1n) is 10.7. The minimum absolute atomic E-state index is 0.00630. The van der Waals surface area contributed by atoms with Crippen LogP contribution in [0.15, 0.2) is 48.5 Å². The normalized spacial score (nSPS) is 12.7. The maximum absolute atomic E-state index is 12.1. The molecule has 0 bridgehead atoms. The van der Waals surface area contributed by atoms with Crippen LogP contribution in [-0.2, 0) is 28.6 Å². The second-order valence-corrected chi connectivity index (χ2v) is 7.54. The van der Waals surface area contributed by atoms with Gasteiger partial charge in [0.2, 0.25) is 5.91 Å². The highest BCUT2D eigenvalue weighted by molar-refractivity contribution is 5.87. The van der Waals surface area contributed by atoms with Gasteiger partial charge >= 0.3 is 18.0 Å². The van der Waals surface area contributed by atoms with E-state index in [-0.39, 0.29) is 25.7 Å². The van der Waals surface area contributed by atoms with E-state index in [1.54, 1.807) is 0 Å². The van der Waals surface area contributed by atoms with Crippen molar-refractivity contribution in [3.63, 3.8) is 0 Å². The summed E-state index contributed by atoms with van der Waals surface area (Å²) in [5.41, 5.74) is 4.49. The third-order valence-corrected chi connectivity index (χ3v) is 5.32. The third kappa shape index (κ3) is 6.32. The third-order valence-electron chi connectivity index (χ3n) is 5.32. The summed E-state index contributed by atoms with van der Waals surface area (Å²) >= 11 is 0. The molecule has 0 aromatic heterocycles. The maximum Gasteiger partial charge on any atom is 0.407 e. The number of carbonyl (C=O) groups excluding carboxylic acids is 3. The molecule has 3 N–H and O–H groups in total. The van der Waals surface area contributed by atoms with E-state index in [9.17, 15) is 19.2 Å². The highest BCUT2D eigenvalue weighted by Crippen LogP contribution is 2.44. The Morgan fingerprint density at radius 2 is 1.62 bits per heavy atom. The molecular formula is C24H26N2O8. The lowest BCUT2D eigenvalue weighted by Crippen LogP contribution is -2.44.